The molecular formula is C15H25N3O3. The van der Waals surface area contributed by atoms with Gasteiger partial charge in [-0.15, -0.1) is 0 Å². The molecule has 118 valence electrons. The van der Waals surface area contributed by atoms with Crippen LogP contribution in [0, 0.1) is 0 Å². The third-order valence-electron chi connectivity index (χ3n) is 3.42. The lowest BCUT2D eigenvalue weighted by Crippen LogP contribution is -2.45. The highest BCUT2D eigenvalue weighted by Gasteiger charge is 2.31. The van der Waals surface area contributed by atoms with Crippen LogP contribution in [0.4, 0.5) is 4.79 Å². The number of rotatable bonds is 3. The van der Waals surface area contributed by atoms with Gasteiger partial charge >= 0.3 is 6.09 Å². The number of hydrogen-bond acceptors (Lipinski definition) is 4. The molecule has 1 N–H and O–H groups in total. The van der Waals surface area contributed by atoms with Gasteiger partial charge < -0.3 is 19.4 Å². The van der Waals surface area contributed by atoms with Crippen molar-refractivity contribution in [3.8, 4) is 0 Å². The maximum absolute atomic E-state index is 12.0. The van der Waals surface area contributed by atoms with Gasteiger partial charge in [0.2, 0.25) is 0 Å². The summed E-state index contributed by atoms with van der Waals surface area (Å²) in [6.07, 6.45) is 4.12. The average Bonchev–Trinajstić information content (AvgIpc) is 2.96. The molecule has 1 aromatic rings. The van der Waals surface area contributed by atoms with Gasteiger partial charge in [-0.05, 0) is 41.0 Å². The molecule has 1 aliphatic rings. The quantitative estimate of drug-likeness (QED) is 0.931. The van der Waals surface area contributed by atoms with Crippen LogP contribution < -0.4 is 5.32 Å². The van der Waals surface area contributed by atoms with Crippen molar-refractivity contribution in [2.45, 2.75) is 58.2 Å². The van der Waals surface area contributed by atoms with Gasteiger partial charge in [-0.3, -0.25) is 0 Å². The second-order valence-electron chi connectivity index (χ2n) is 6.96. The second-order valence-corrected chi connectivity index (χ2v) is 6.96. The number of alkyl carbamates (subject to hydrolysis) is 1. The molecule has 21 heavy (non-hydrogen) atoms. The minimum absolute atomic E-state index is 0.280. The molecule has 0 bridgehead atoms. The van der Waals surface area contributed by atoms with Crippen molar-refractivity contribution in [3.05, 3.63) is 18.2 Å². The van der Waals surface area contributed by atoms with Crippen LogP contribution in [0.25, 0.3) is 0 Å². The first-order chi connectivity index (χ1) is 9.69. The summed E-state index contributed by atoms with van der Waals surface area (Å²) < 4.78 is 12.9. The first-order valence-corrected chi connectivity index (χ1v) is 7.30. The van der Waals surface area contributed by atoms with Crippen molar-refractivity contribution >= 4 is 6.09 Å². The zero-order chi connectivity index (χ0) is 15.7. The molecule has 2 rings (SSSR count). The average molecular weight is 295 g/mol. The number of imidazole rings is 1. The van der Waals surface area contributed by atoms with Crippen molar-refractivity contribution in [2.24, 2.45) is 0 Å². The molecule has 0 aliphatic carbocycles. The van der Waals surface area contributed by atoms with E-state index in [4.69, 9.17) is 9.47 Å². The molecule has 0 spiro atoms. The van der Waals surface area contributed by atoms with Crippen molar-refractivity contribution < 1.29 is 14.3 Å². The minimum atomic E-state index is -0.568. The van der Waals surface area contributed by atoms with Crippen molar-refractivity contribution in [2.75, 3.05) is 13.2 Å². The molecule has 6 nitrogen and oxygen atoms in total. The first-order valence-electron chi connectivity index (χ1n) is 7.30. The van der Waals surface area contributed by atoms with Crippen LogP contribution >= 0.6 is 0 Å². The molecule has 6 heteroatoms. The third-order valence-corrected chi connectivity index (χ3v) is 3.42. The van der Waals surface area contributed by atoms with Crippen LogP contribution in [0.1, 0.15) is 52.8 Å². The third kappa shape index (κ3) is 3.97. The number of hydrogen-bond donors (Lipinski definition) is 1. The second kappa shape index (κ2) is 5.67. The van der Waals surface area contributed by atoms with E-state index >= 15 is 0 Å². The lowest BCUT2D eigenvalue weighted by molar-refractivity contribution is 0.0465. The zero-order valence-electron chi connectivity index (χ0n) is 13.5. The van der Waals surface area contributed by atoms with Gasteiger partial charge in [0.1, 0.15) is 5.60 Å². The van der Waals surface area contributed by atoms with Crippen LogP contribution in [-0.2, 0) is 15.0 Å². The summed E-state index contributed by atoms with van der Waals surface area (Å²) in [5, 5.41) is 2.92. The number of aromatic nitrogens is 2. The highest BCUT2D eigenvalue weighted by molar-refractivity contribution is 5.68. The molecule has 1 amide bonds. The van der Waals surface area contributed by atoms with E-state index in [1.165, 1.54) is 0 Å². The van der Waals surface area contributed by atoms with Gasteiger partial charge in [-0.2, -0.15) is 0 Å². The number of nitrogens with one attached hydrogen (secondary N) is 1. The largest absolute Gasteiger partial charge is 0.444 e. The van der Waals surface area contributed by atoms with Gasteiger partial charge in [0.25, 0.3) is 0 Å². The summed E-state index contributed by atoms with van der Waals surface area (Å²) in [5.74, 6) is 0. The normalized spacial score (nSPS) is 19.6. The molecule has 1 atom stereocenters. The van der Waals surface area contributed by atoms with E-state index in [0.29, 0.717) is 6.61 Å². The van der Waals surface area contributed by atoms with Crippen LogP contribution in [0.2, 0.25) is 0 Å². The molecule has 0 saturated carbocycles. The first kappa shape index (κ1) is 15.8. The number of carbonyl (C=O) groups is 1. The summed E-state index contributed by atoms with van der Waals surface area (Å²) in [4.78, 5) is 16.2. The van der Waals surface area contributed by atoms with Crippen LogP contribution in [0.15, 0.2) is 12.5 Å². The Morgan fingerprint density at radius 1 is 1.43 bits per heavy atom. The maximum Gasteiger partial charge on any atom is 0.408 e. The van der Waals surface area contributed by atoms with E-state index in [-0.39, 0.29) is 6.04 Å². The number of nitrogens with zero attached hydrogens (tertiary/aromatic N) is 2. The summed E-state index contributed by atoms with van der Waals surface area (Å²) in [5.41, 5.74) is -0.134. The highest BCUT2D eigenvalue weighted by Crippen LogP contribution is 2.27. The number of carbonyl (C=O) groups excluding carboxylic acids is 1. The number of ether oxygens (including phenoxy) is 2. The van der Waals surface area contributed by atoms with Gasteiger partial charge in [-0.25, -0.2) is 9.78 Å². The van der Waals surface area contributed by atoms with E-state index < -0.39 is 17.2 Å². The summed E-state index contributed by atoms with van der Waals surface area (Å²) >= 11 is 0. The predicted octanol–water partition coefficient (Wildman–Crippen LogP) is 2.60. The zero-order valence-corrected chi connectivity index (χ0v) is 13.5. The Kier molecular flexibility index (Phi) is 4.27. The van der Waals surface area contributed by atoms with Crippen molar-refractivity contribution in [3.63, 3.8) is 0 Å². The van der Waals surface area contributed by atoms with Crippen LogP contribution in [-0.4, -0.2) is 34.5 Å². The Bertz CT molecular complexity index is 497. The van der Waals surface area contributed by atoms with Gasteiger partial charge in [0.05, 0.1) is 36.4 Å². The Hall–Kier alpha value is -1.56. The van der Waals surface area contributed by atoms with Gasteiger partial charge in [-0.1, -0.05) is 0 Å². The topological polar surface area (TPSA) is 65.4 Å². The summed E-state index contributed by atoms with van der Waals surface area (Å²) in [7, 11) is 0. The van der Waals surface area contributed by atoms with E-state index in [1.807, 2.05) is 34.6 Å². The molecule has 1 unspecified atom stereocenters. The Morgan fingerprint density at radius 2 is 2.14 bits per heavy atom. The van der Waals surface area contributed by atoms with Gasteiger partial charge in [0.15, 0.2) is 0 Å². The minimum Gasteiger partial charge on any atom is -0.444 e. The summed E-state index contributed by atoms with van der Waals surface area (Å²) in [6, 6.07) is 0.280. The standard InChI is InChI=1S/C15H25N3O3/c1-14(2,3)21-13(19)17-15(4,5)12-8-16-10-18(12)11-6-7-20-9-11/h8,10-11H,6-7,9H2,1-5H3,(H,17,19). The Balaban J connectivity index is 2.12. The van der Waals surface area contributed by atoms with E-state index in [0.717, 1.165) is 18.7 Å². The monoisotopic (exact) mass is 295 g/mol. The van der Waals surface area contributed by atoms with Crippen molar-refractivity contribution in [1.82, 2.24) is 14.9 Å². The van der Waals surface area contributed by atoms with E-state index in [9.17, 15) is 4.79 Å². The van der Waals surface area contributed by atoms with Crippen molar-refractivity contribution in [1.29, 1.82) is 0 Å². The molecule has 2 heterocycles. The lowest BCUT2D eigenvalue weighted by Gasteiger charge is -2.30. The SMILES string of the molecule is CC(C)(C)OC(=O)NC(C)(C)c1cncn1C1CCOC1. The fourth-order valence-corrected chi connectivity index (χ4v) is 2.44. The maximum atomic E-state index is 12.0. The van der Waals surface area contributed by atoms with E-state index in [1.54, 1.807) is 12.5 Å². The lowest BCUT2D eigenvalue weighted by atomic mass is 10.0. The summed E-state index contributed by atoms with van der Waals surface area (Å²) in [6.45, 7) is 10.9. The molecule has 1 saturated heterocycles. The molecule has 1 fully saturated rings. The highest BCUT2D eigenvalue weighted by atomic mass is 16.6. The van der Waals surface area contributed by atoms with Crippen LogP contribution in [0.3, 0.4) is 0 Å². The molecule has 1 aliphatic heterocycles. The predicted molar refractivity (Wildman–Crippen MR) is 79.1 cm³/mol. The smallest absolute Gasteiger partial charge is 0.408 e. The Morgan fingerprint density at radius 3 is 2.71 bits per heavy atom. The van der Waals surface area contributed by atoms with E-state index in [2.05, 4.69) is 14.9 Å². The fraction of sp³-hybridized carbons (Fsp3) is 0.733. The van der Waals surface area contributed by atoms with Gasteiger partial charge in [0, 0.05) is 6.61 Å². The van der Waals surface area contributed by atoms with Crippen LogP contribution in [0.5, 0.6) is 0 Å². The molecule has 0 aromatic carbocycles. The Labute approximate surface area is 125 Å². The molecule has 0 radical (unpaired) electrons. The molecular weight excluding hydrogens is 270 g/mol. The molecule has 1 aromatic heterocycles. The fourth-order valence-electron chi connectivity index (χ4n) is 2.44. The number of amides is 1.